The molecular formula is C11H9N7. The molecule has 0 radical (unpaired) electrons. The average Bonchev–Trinajstić information content (AvgIpc) is 3.02. The van der Waals surface area contributed by atoms with Crippen molar-refractivity contribution in [3.8, 4) is 11.9 Å². The number of nitriles is 1. The second-order valence-corrected chi connectivity index (χ2v) is 3.64. The number of pyridine rings is 1. The Morgan fingerprint density at radius 3 is 3.00 bits per heavy atom. The highest BCUT2D eigenvalue weighted by Crippen LogP contribution is 2.15. The van der Waals surface area contributed by atoms with Crippen LogP contribution in [0.3, 0.4) is 0 Å². The number of rotatable bonds is 2. The van der Waals surface area contributed by atoms with Gasteiger partial charge in [0.05, 0.1) is 5.69 Å². The summed E-state index contributed by atoms with van der Waals surface area (Å²) < 4.78 is 3.36. The van der Waals surface area contributed by atoms with Gasteiger partial charge in [0, 0.05) is 12.7 Å². The van der Waals surface area contributed by atoms with E-state index in [0.717, 1.165) is 11.3 Å². The zero-order valence-electron chi connectivity index (χ0n) is 9.35. The van der Waals surface area contributed by atoms with E-state index >= 15 is 0 Å². The minimum absolute atomic E-state index is 0.107. The summed E-state index contributed by atoms with van der Waals surface area (Å²) in [7, 11) is 0. The van der Waals surface area contributed by atoms with Gasteiger partial charge in [0.15, 0.2) is 5.82 Å². The van der Waals surface area contributed by atoms with Crippen LogP contribution in [0.2, 0.25) is 0 Å². The zero-order chi connectivity index (χ0) is 12.5. The van der Waals surface area contributed by atoms with E-state index in [1.54, 1.807) is 0 Å². The van der Waals surface area contributed by atoms with E-state index in [1.807, 2.05) is 34.9 Å². The van der Waals surface area contributed by atoms with Crippen LogP contribution in [-0.4, -0.2) is 24.1 Å². The molecule has 0 aromatic carbocycles. The molecule has 3 heterocycles. The maximum absolute atomic E-state index is 8.73. The largest absolute Gasteiger partial charge is 0.325 e. The van der Waals surface area contributed by atoms with Crippen molar-refractivity contribution >= 4 is 5.65 Å². The number of nitrogens with zero attached hydrogens (tertiary/aromatic N) is 6. The minimum atomic E-state index is 0.107. The van der Waals surface area contributed by atoms with E-state index in [9.17, 15) is 0 Å². The Balaban J connectivity index is 2.25. The lowest BCUT2D eigenvalue weighted by Gasteiger charge is -2.00. The second-order valence-electron chi connectivity index (χ2n) is 3.64. The number of hydrogen-bond donors (Lipinski definition) is 1. The summed E-state index contributed by atoms with van der Waals surface area (Å²) >= 11 is 0. The monoisotopic (exact) mass is 239 g/mol. The van der Waals surface area contributed by atoms with Crippen molar-refractivity contribution in [3.05, 3.63) is 42.2 Å². The van der Waals surface area contributed by atoms with Crippen molar-refractivity contribution in [2.45, 2.75) is 6.54 Å². The molecule has 7 nitrogen and oxygen atoms in total. The fourth-order valence-electron chi connectivity index (χ4n) is 1.82. The summed E-state index contributed by atoms with van der Waals surface area (Å²) in [5.74, 6) is 0.702. The molecule has 3 aromatic heterocycles. The van der Waals surface area contributed by atoms with E-state index in [4.69, 9.17) is 11.0 Å². The Hall–Kier alpha value is -2.72. The minimum Gasteiger partial charge on any atom is -0.325 e. The van der Waals surface area contributed by atoms with Crippen molar-refractivity contribution in [2.75, 3.05) is 0 Å². The topological polar surface area (TPSA) is 97.8 Å². The Bertz CT molecular complexity index is 746. The number of fused-ring (bicyclic) bond motifs is 1. The zero-order valence-corrected chi connectivity index (χ0v) is 9.35. The van der Waals surface area contributed by atoms with Crippen LogP contribution < -0.4 is 5.73 Å². The third-order valence-corrected chi connectivity index (χ3v) is 2.61. The normalized spacial score (nSPS) is 10.7. The quantitative estimate of drug-likeness (QED) is 0.691. The lowest BCUT2D eigenvalue weighted by molar-refractivity contribution is 0.820. The Morgan fingerprint density at radius 1 is 1.39 bits per heavy atom. The third-order valence-electron chi connectivity index (χ3n) is 2.61. The summed E-state index contributed by atoms with van der Waals surface area (Å²) in [6.45, 7) is 0.322. The molecular weight excluding hydrogens is 230 g/mol. The molecule has 0 unspecified atom stereocenters. The SMILES string of the molecule is N#Cc1ncn(-c2nc3ccccn3c2CN)n1. The first-order chi connectivity index (χ1) is 8.83. The predicted octanol–water partition coefficient (Wildman–Crippen LogP) is 0.245. The molecule has 0 saturated heterocycles. The molecule has 0 aliphatic heterocycles. The van der Waals surface area contributed by atoms with Gasteiger partial charge < -0.3 is 10.1 Å². The van der Waals surface area contributed by atoms with Crippen molar-refractivity contribution in [1.29, 1.82) is 5.26 Å². The van der Waals surface area contributed by atoms with E-state index in [2.05, 4.69) is 15.1 Å². The molecule has 2 N–H and O–H groups in total. The van der Waals surface area contributed by atoms with Gasteiger partial charge in [0.25, 0.3) is 5.82 Å². The molecule has 3 rings (SSSR count). The number of aromatic nitrogens is 5. The van der Waals surface area contributed by atoms with Crippen LogP contribution in [0.15, 0.2) is 30.7 Å². The molecule has 7 heteroatoms. The fraction of sp³-hybridized carbons (Fsp3) is 0.0909. The van der Waals surface area contributed by atoms with Gasteiger partial charge in [-0.15, -0.1) is 5.10 Å². The predicted molar refractivity (Wildman–Crippen MR) is 62.7 cm³/mol. The summed E-state index contributed by atoms with van der Waals surface area (Å²) in [5, 5.41) is 12.7. The van der Waals surface area contributed by atoms with Gasteiger partial charge >= 0.3 is 0 Å². The van der Waals surface area contributed by atoms with Gasteiger partial charge in [-0.1, -0.05) is 6.07 Å². The average molecular weight is 239 g/mol. The number of hydrogen-bond acceptors (Lipinski definition) is 5. The first-order valence-electron chi connectivity index (χ1n) is 5.31. The van der Waals surface area contributed by atoms with E-state index in [0.29, 0.717) is 12.4 Å². The van der Waals surface area contributed by atoms with Gasteiger partial charge in [-0.3, -0.25) is 0 Å². The van der Waals surface area contributed by atoms with Gasteiger partial charge in [-0.25, -0.2) is 9.97 Å². The summed E-state index contributed by atoms with van der Waals surface area (Å²) in [6.07, 6.45) is 3.34. The van der Waals surface area contributed by atoms with Crippen molar-refractivity contribution in [2.24, 2.45) is 5.73 Å². The lowest BCUT2D eigenvalue weighted by atomic mass is 10.4. The van der Waals surface area contributed by atoms with E-state index in [-0.39, 0.29) is 5.82 Å². The van der Waals surface area contributed by atoms with Gasteiger partial charge in [0.2, 0.25) is 0 Å². The summed E-state index contributed by atoms with van der Waals surface area (Å²) in [4.78, 5) is 8.29. The lowest BCUT2D eigenvalue weighted by Crippen LogP contribution is -2.06. The van der Waals surface area contributed by atoms with E-state index < -0.39 is 0 Å². The van der Waals surface area contributed by atoms with Gasteiger partial charge in [0.1, 0.15) is 18.0 Å². The Kier molecular flexibility index (Phi) is 2.28. The van der Waals surface area contributed by atoms with Crippen molar-refractivity contribution in [3.63, 3.8) is 0 Å². The molecule has 0 bridgehead atoms. The molecule has 0 atom stereocenters. The molecule has 18 heavy (non-hydrogen) atoms. The molecule has 0 spiro atoms. The van der Waals surface area contributed by atoms with Crippen LogP contribution in [0.5, 0.6) is 0 Å². The maximum atomic E-state index is 8.73. The van der Waals surface area contributed by atoms with E-state index in [1.165, 1.54) is 11.0 Å². The third kappa shape index (κ3) is 1.44. The Morgan fingerprint density at radius 2 is 2.28 bits per heavy atom. The summed E-state index contributed by atoms with van der Waals surface area (Å²) in [5.41, 5.74) is 7.35. The standard InChI is InChI=1S/C11H9N7/c12-5-8-11(18-7-14-9(6-13)16-18)15-10-3-1-2-4-17(8)10/h1-4,7H,5,12H2. The van der Waals surface area contributed by atoms with Gasteiger partial charge in [-0.05, 0) is 12.1 Å². The van der Waals surface area contributed by atoms with Crippen LogP contribution in [-0.2, 0) is 6.54 Å². The number of imidazole rings is 1. The first kappa shape index (κ1) is 10.4. The van der Waals surface area contributed by atoms with Crippen LogP contribution in [0, 0.1) is 11.3 Å². The summed E-state index contributed by atoms with van der Waals surface area (Å²) in [6, 6.07) is 7.56. The second kappa shape index (κ2) is 3.94. The number of nitrogens with two attached hydrogens (primary N) is 1. The molecule has 0 aliphatic rings. The smallest absolute Gasteiger partial charge is 0.252 e. The fourth-order valence-corrected chi connectivity index (χ4v) is 1.82. The molecule has 3 aromatic rings. The molecule has 0 saturated carbocycles. The highest BCUT2D eigenvalue weighted by molar-refractivity contribution is 5.48. The Labute approximate surface area is 102 Å². The molecule has 0 amide bonds. The van der Waals surface area contributed by atoms with Gasteiger partial charge in [-0.2, -0.15) is 9.94 Å². The maximum Gasteiger partial charge on any atom is 0.252 e. The van der Waals surface area contributed by atoms with Crippen LogP contribution in [0.25, 0.3) is 11.5 Å². The van der Waals surface area contributed by atoms with Crippen LogP contribution >= 0.6 is 0 Å². The molecule has 0 aliphatic carbocycles. The first-order valence-corrected chi connectivity index (χ1v) is 5.31. The highest BCUT2D eigenvalue weighted by Gasteiger charge is 2.13. The molecule has 0 fully saturated rings. The van der Waals surface area contributed by atoms with Crippen LogP contribution in [0.1, 0.15) is 11.5 Å². The van der Waals surface area contributed by atoms with Crippen molar-refractivity contribution in [1.82, 2.24) is 24.1 Å². The van der Waals surface area contributed by atoms with Crippen LogP contribution in [0.4, 0.5) is 0 Å². The highest BCUT2D eigenvalue weighted by atomic mass is 15.4. The molecule has 88 valence electrons. The van der Waals surface area contributed by atoms with Crippen molar-refractivity contribution < 1.29 is 0 Å².